The number of alkyl halides is 2. The second-order valence-corrected chi connectivity index (χ2v) is 10.1. The normalized spacial score (nSPS) is 20.0. The summed E-state index contributed by atoms with van der Waals surface area (Å²) in [7, 11) is 0. The number of rotatable bonds is 2. The van der Waals surface area contributed by atoms with Crippen LogP contribution in [0.4, 0.5) is 8.78 Å². The van der Waals surface area contributed by atoms with Gasteiger partial charge in [-0.2, -0.15) is 0 Å². The standard InChI is InChI=1S/C28H27F2N5O2/c29-28(30)16-33(17-28)13-18-9-10-34-14-21(19-5-1-3-7-23(19)34)25-26(31-32-27(25)36)22-15-35(11-12-37-18)24-8-4-2-6-20(22)24/h1-8,14-15,18H,9-13,16-17H2,(H2,31,32,36)/t18-/m0/s1. The van der Waals surface area contributed by atoms with Crippen molar-refractivity contribution in [2.75, 3.05) is 26.2 Å². The van der Waals surface area contributed by atoms with Crippen molar-refractivity contribution < 1.29 is 13.5 Å². The number of ether oxygens (including phenoxy) is 1. The van der Waals surface area contributed by atoms with E-state index >= 15 is 0 Å². The fourth-order valence-corrected chi connectivity index (χ4v) is 5.93. The largest absolute Gasteiger partial charge is 0.375 e. The monoisotopic (exact) mass is 503 g/mol. The van der Waals surface area contributed by atoms with E-state index in [0.29, 0.717) is 38.2 Å². The van der Waals surface area contributed by atoms with E-state index in [9.17, 15) is 13.6 Å². The van der Waals surface area contributed by atoms with Gasteiger partial charge in [-0.15, -0.1) is 0 Å². The second kappa shape index (κ2) is 8.43. The Morgan fingerprint density at radius 2 is 1.54 bits per heavy atom. The molecule has 37 heavy (non-hydrogen) atoms. The Kier molecular flexibility index (Phi) is 5.12. The minimum Gasteiger partial charge on any atom is -0.375 e. The molecule has 190 valence electrons. The molecule has 0 radical (unpaired) electrons. The van der Waals surface area contributed by atoms with Gasteiger partial charge in [-0.05, 0) is 18.6 Å². The van der Waals surface area contributed by atoms with Crippen molar-refractivity contribution in [3.63, 3.8) is 0 Å². The smallest absolute Gasteiger partial charge is 0.272 e. The topological polar surface area (TPSA) is 71.0 Å². The van der Waals surface area contributed by atoms with Crippen LogP contribution in [0.25, 0.3) is 44.2 Å². The van der Waals surface area contributed by atoms with Gasteiger partial charge in [0.1, 0.15) is 0 Å². The lowest BCUT2D eigenvalue weighted by atomic mass is 10.0. The van der Waals surface area contributed by atoms with Crippen molar-refractivity contribution in [1.82, 2.24) is 24.2 Å². The van der Waals surface area contributed by atoms with Crippen molar-refractivity contribution in [3.05, 3.63) is 71.3 Å². The first-order valence-corrected chi connectivity index (χ1v) is 12.7. The molecule has 0 saturated carbocycles. The molecule has 2 N–H and O–H groups in total. The molecule has 1 atom stereocenters. The first kappa shape index (κ1) is 22.5. The molecule has 3 aromatic heterocycles. The summed E-state index contributed by atoms with van der Waals surface area (Å²) >= 11 is 0. The highest BCUT2D eigenvalue weighted by atomic mass is 19.3. The molecule has 2 aliphatic heterocycles. The summed E-state index contributed by atoms with van der Waals surface area (Å²) < 4.78 is 37.6. The molecular formula is C28H27F2N5O2. The van der Waals surface area contributed by atoms with E-state index in [0.717, 1.165) is 38.6 Å². The van der Waals surface area contributed by atoms with Crippen molar-refractivity contribution >= 4 is 21.8 Å². The van der Waals surface area contributed by atoms with E-state index in [-0.39, 0.29) is 24.8 Å². The van der Waals surface area contributed by atoms with Crippen molar-refractivity contribution in [1.29, 1.82) is 0 Å². The van der Waals surface area contributed by atoms with Crippen molar-refractivity contribution in [2.24, 2.45) is 0 Å². The lowest BCUT2D eigenvalue weighted by Gasteiger charge is -2.40. The SMILES string of the molecule is O=c1[nH][nH]c2c1-c1cn(c3ccccc13)CC[C@@H](CN1CC(F)(F)C1)OCCn1cc-2c2ccccc21. The third-order valence-corrected chi connectivity index (χ3v) is 7.64. The van der Waals surface area contributed by atoms with Crippen LogP contribution in [-0.2, 0) is 17.8 Å². The number of halogens is 2. The molecule has 9 heteroatoms. The van der Waals surface area contributed by atoms with Crippen LogP contribution in [0, 0.1) is 0 Å². The predicted octanol–water partition coefficient (Wildman–Crippen LogP) is 4.69. The molecule has 7 nitrogen and oxygen atoms in total. The van der Waals surface area contributed by atoms with Crippen LogP contribution in [0.15, 0.2) is 65.7 Å². The van der Waals surface area contributed by atoms with Crippen LogP contribution in [-0.4, -0.2) is 62.5 Å². The van der Waals surface area contributed by atoms with Gasteiger partial charge >= 0.3 is 0 Å². The summed E-state index contributed by atoms with van der Waals surface area (Å²) in [4.78, 5) is 14.9. The van der Waals surface area contributed by atoms with E-state index in [1.54, 1.807) is 4.90 Å². The number of hydrogen-bond acceptors (Lipinski definition) is 3. The number of aromatic nitrogens is 4. The van der Waals surface area contributed by atoms with Gasteiger partial charge in [0.25, 0.3) is 11.5 Å². The third kappa shape index (κ3) is 3.81. The Morgan fingerprint density at radius 1 is 0.892 bits per heavy atom. The van der Waals surface area contributed by atoms with E-state index in [1.807, 2.05) is 36.5 Å². The summed E-state index contributed by atoms with van der Waals surface area (Å²) in [5.74, 6) is -2.60. The van der Waals surface area contributed by atoms with Gasteiger partial charge in [0.15, 0.2) is 0 Å². The molecule has 4 bridgehead atoms. The van der Waals surface area contributed by atoms with Crippen LogP contribution >= 0.6 is 0 Å². The fourth-order valence-electron chi connectivity index (χ4n) is 5.93. The van der Waals surface area contributed by atoms with Crippen LogP contribution in [0.1, 0.15) is 6.42 Å². The molecule has 1 saturated heterocycles. The van der Waals surface area contributed by atoms with E-state index in [1.165, 1.54) is 0 Å². The zero-order valence-electron chi connectivity index (χ0n) is 20.2. The molecule has 2 aliphatic rings. The number of nitrogens with one attached hydrogen (secondary N) is 2. The molecule has 5 heterocycles. The van der Waals surface area contributed by atoms with Crippen LogP contribution in [0.2, 0.25) is 0 Å². The van der Waals surface area contributed by atoms with Crippen LogP contribution in [0.3, 0.4) is 0 Å². The number of benzene rings is 2. The predicted molar refractivity (Wildman–Crippen MR) is 139 cm³/mol. The zero-order chi connectivity index (χ0) is 25.1. The Balaban J connectivity index is 1.37. The molecule has 1 fully saturated rings. The average molecular weight is 504 g/mol. The summed E-state index contributed by atoms with van der Waals surface area (Å²) in [6.45, 7) is 1.77. The summed E-state index contributed by atoms with van der Waals surface area (Å²) in [5, 5.41) is 7.99. The molecular weight excluding hydrogens is 476 g/mol. The number of fused-ring (bicyclic) bond motifs is 13. The zero-order valence-corrected chi connectivity index (χ0v) is 20.2. The number of para-hydroxylation sites is 2. The Hall–Kier alpha value is -3.69. The molecule has 7 rings (SSSR count). The highest BCUT2D eigenvalue weighted by molar-refractivity contribution is 6.03. The van der Waals surface area contributed by atoms with E-state index in [2.05, 4.69) is 43.7 Å². The first-order chi connectivity index (χ1) is 18.0. The molecule has 0 amide bonds. The average Bonchev–Trinajstić information content (AvgIpc) is 3.54. The Morgan fingerprint density at radius 3 is 2.27 bits per heavy atom. The van der Waals surface area contributed by atoms with Gasteiger partial charge in [-0.3, -0.25) is 19.9 Å². The van der Waals surface area contributed by atoms with Crippen LogP contribution in [0.5, 0.6) is 0 Å². The maximum atomic E-state index is 13.5. The summed E-state index contributed by atoms with van der Waals surface area (Å²) in [6, 6.07) is 16.2. The number of nitrogens with zero attached hydrogens (tertiary/aromatic N) is 3. The van der Waals surface area contributed by atoms with Gasteiger partial charge in [0, 0.05) is 65.0 Å². The Labute approximate surface area is 211 Å². The number of hydrogen-bond donors (Lipinski definition) is 2. The van der Waals surface area contributed by atoms with Gasteiger partial charge < -0.3 is 13.9 Å². The van der Waals surface area contributed by atoms with Crippen molar-refractivity contribution in [3.8, 4) is 22.4 Å². The lowest BCUT2D eigenvalue weighted by Crippen LogP contribution is -2.58. The van der Waals surface area contributed by atoms with Crippen LogP contribution < -0.4 is 5.56 Å². The summed E-state index contributed by atoms with van der Waals surface area (Å²) in [5.41, 5.74) is 5.09. The van der Waals surface area contributed by atoms with Gasteiger partial charge in [-0.1, -0.05) is 36.4 Å². The highest BCUT2D eigenvalue weighted by Gasteiger charge is 2.44. The number of H-pyrrole nitrogens is 2. The number of likely N-dealkylation sites (tertiary alicyclic amines) is 1. The molecule has 0 aliphatic carbocycles. The fraction of sp³-hybridized carbons (Fsp3) is 0.321. The van der Waals surface area contributed by atoms with Gasteiger partial charge in [0.05, 0.1) is 37.1 Å². The summed E-state index contributed by atoms with van der Waals surface area (Å²) in [6.07, 6.45) is 4.59. The number of aryl methyl sites for hydroxylation is 1. The molecule has 0 unspecified atom stereocenters. The third-order valence-electron chi connectivity index (χ3n) is 7.64. The maximum Gasteiger partial charge on any atom is 0.272 e. The van der Waals surface area contributed by atoms with Gasteiger partial charge in [-0.25, -0.2) is 8.78 Å². The molecule has 2 aromatic carbocycles. The highest BCUT2D eigenvalue weighted by Crippen LogP contribution is 2.38. The second-order valence-electron chi connectivity index (χ2n) is 10.1. The van der Waals surface area contributed by atoms with Gasteiger partial charge in [0.2, 0.25) is 0 Å². The maximum absolute atomic E-state index is 13.5. The van der Waals surface area contributed by atoms with E-state index in [4.69, 9.17) is 4.74 Å². The molecule has 5 aromatic rings. The molecule has 0 spiro atoms. The van der Waals surface area contributed by atoms with E-state index < -0.39 is 5.92 Å². The first-order valence-electron chi connectivity index (χ1n) is 12.7. The lowest BCUT2D eigenvalue weighted by molar-refractivity contribution is -0.143. The van der Waals surface area contributed by atoms with Crippen molar-refractivity contribution in [2.45, 2.75) is 31.5 Å². The quantitative estimate of drug-likeness (QED) is 0.367. The minimum absolute atomic E-state index is 0.165. The minimum atomic E-state index is -2.60. The number of aromatic amines is 2. The Bertz CT molecular complexity index is 1670.